The average molecular weight is 575 g/mol. The molecule has 1 atom stereocenters. The predicted molar refractivity (Wildman–Crippen MR) is 165 cm³/mol. The van der Waals surface area contributed by atoms with Crippen molar-refractivity contribution in [1.29, 1.82) is 0 Å². The molecule has 1 amide bonds. The molecule has 1 aromatic heterocycles. The number of carbonyl (C=O) groups is 2. The molecule has 0 spiro atoms. The van der Waals surface area contributed by atoms with Gasteiger partial charge in [-0.2, -0.15) is 11.3 Å². The van der Waals surface area contributed by atoms with Gasteiger partial charge in [0.25, 0.3) is 0 Å². The Kier molecular flexibility index (Phi) is 8.46. The molecule has 0 bridgehead atoms. The van der Waals surface area contributed by atoms with Gasteiger partial charge >= 0.3 is 5.97 Å². The summed E-state index contributed by atoms with van der Waals surface area (Å²) in [5.41, 5.74) is 2.91. The van der Waals surface area contributed by atoms with Crippen LogP contribution in [-0.2, 0) is 20.9 Å². The quantitative estimate of drug-likeness (QED) is 0.251. The number of ether oxygens (including phenoxy) is 2. The van der Waals surface area contributed by atoms with Crippen molar-refractivity contribution in [2.45, 2.75) is 84.1 Å². The van der Waals surface area contributed by atoms with Crippen LogP contribution in [0.2, 0.25) is 0 Å². The van der Waals surface area contributed by atoms with E-state index in [1.165, 1.54) is 16.7 Å². The molecule has 1 saturated heterocycles. The third-order valence-electron chi connectivity index (χ3n) is 7.65. The van der Waals surface area contributed by atoms with Crippen LogP contribution in [0.15, 0.2) is 65.4 Å². The summed E-state index contributed by atoms with van der Waals surface area (Å²) < 4.78 is 11.7. The molecule has 1 aliphatic carbocycles. The van der Waals surface area contributed by atoms with Gasteiger partial charge < -0.3 is 19.3 Å². The number of anilines is 1. The van der Waals surface area contributed by atoms with Crippen LogP contribution in [0.25, 0.3) is 11.1 Å². The first-order valence-electron chi connectivity index (χ1n) is 14.7. The van der Waals surface area contributed by atoms with Crippen molar-refractivity contribution < 1.29 is 19.1 Å². The molecule has 0 N–H and O–H groups in total. The van der Waals surface area contributed by atoms with Gasteiger partial charge in [0.15, 0.2) is 5.60 Å². The largest absolute Gasteiger partial charge is 0.476 e. The summed E-state index contributed by atoms with van der Waals surface area (Å²) in [4.78, 5) is 31.0. The van der Waals surface area contributed by atoms with Gasteiger partial charge in [-0.25, -0.2) is 4.79 Å². The first kappa shape index (κ1) is 29.2. The maximum Gasteiger partial charge on any atom is 0.350 e. The molecule has 2 fully saturated rings. The second kappa shape index (κ2) is 11.9. The molecule has 1 aliphatic heterocycles. The second-order valence-corrected chi connectivity index (χ2v) is 13.6. The number of rotatable bonds is 9. The van der Waals surface area contributed by atoms with Crippen molar-refractivity contribution in [3.63, 3.8) is 0 Å². The van der Waals surface area contributed by atoms with Gasteiger partial charge in [0.2, 0.25) is 5.91 Å². The zero-order chi connectivity index (χ0) is 29.2. The van der Waals surface area contributed by atoms with Crippen LogP contribution in [-0.4, -0.2) is 47.1 Å². The lowest BCUT2D eigenvalue weighted by molar-refractivity contribution is -0.170. The predicted octanol–water partition coefficient (Wildman–Crippen LogP) is 7.32. The maximum atomic E-state index is 13.9. The molecule has 2 aromatic carbocycles. The number of piperidine rings is 1. The minimum Gasteiger partial charge on any atom is -0.476 e. The fourth-order valence-corrected chi connectivity index (χ4v) is 5.99. The van der Waals surface area contributed by atoms with E-state index in [0.717, 1.165) is 37.9 Å². The third kappa shape index (κ3) is 7.50. The smallest absolute Gasteiger partial charge is 0.350 e. The first-order valence-corrected chi connectivity index (χ1v) is 15.6. The zero-order valence-corrected chi connectivity index (χ0v) is 25.7. The van der Waals surface area contributed by atoms with Crippen molar-refractivity contribution in [3.8, 4) is 16.9 Å². The van der Waals surface area contributed by atoms with E-state index in [1.54, 1.807) is 25.2 Å². The van der Waals surface area contributed by atoms with E-state index >= 15 is 0 Å². The number of hydrogen-bond acceptors (Lipinski definition) is 6. The normalized spacial score (nSPS) is 17.7. The molecule has 2 heterocycles. The Labute approximate surface area is 248 Å². The fraction of sp³-hybridized carbons (Fsp3) is 0.471. The van der Waals surface area contributed by atoms with Gasteiger partial charge in [-0.05, 0) is 106 Å². The van der Waals surface area contributed by atoms with Crippen molar-refractivity contribution >= 4 is 28.9 Å². The molecular weight excluding hydrogens is 532 g/mol. The maximum absolute atomic E-state index is 13.9. The van der Waals surface area contributed by atoms with Crippen LogP contribution in [0.4, 0.5) is 5.69 Å². The molecule has 7 heteroatoms. The fourth-order valence-electron chi connectivity index (χ4n) is 5.33. The molecule has 3 aromatic rings. The minimum absolute atomic E-state index is 0.0443. The molecular formula is C34H42N2O4S. The van der Waals surface area contributed by atoms with E-state index in [4.69, 9.17) is 9.47 Å². The number of hydrogen-bond donors (Lipinski definition) is 0. The number of carbonyl (C=O) groups excluding carboxylic acids is 2. The molecule has 41 heavy (non-hydrogen) atoms. The van der Waals surface area contributed by atoms with Crippen LogP contribution in [0.3, 0.4) is 0 Å². The highest BCUT2D eigenvalue weighted by Crippen LogP contribution is 2.34. The Bertz CT molecular complexity index is 1340. The lowest BCUT2D eigenvalue weighted by Gasteiger charge is -2.37. The highest BCUT2D eigenvalue weighted by molar-refractivity contribution is 7.08. The average Bonchev–Trinajstić information content (AvgIpc) is 3.63. The van der Waals surface area contributed by atoms with Crippen molar-refractivity contribution in [2.24, 2.45) is 5.92 Å². The summed E-state index contributed by atoms with van der Waals surface area (Å²) in [5.74, 6) is 0.424. The Morgan fingerprint density at radius 2 is 1.73 bits per heavy atom. The van der Waals surface area contributed by atoms with Crippen LogP contribution in [0, 0.1) is 5.92 Å². The van der Waals surface area contributed by atoms with Crippen LogP contribution < -0.4 is 9.64 Å². The van der Waals surface area contributed by atoms with Crippen LogP contribution in [0.1, 0.15) is 65.9 Å². The Morgan fingerprint density at radius 1 is 0.976 bits per heavy atom. The van der Waals surface area contributed by atoms with Crippen molar-refractivity contribution in [1.82, 2.24) is 4.90 Å². The van der Waals surface area contributed by atoms with Crippen LogP contribution in [0.5, 0.6) is 5.75 Å². The lowest BCUT2D eigenvalue weighted by atomic mass is 9.95. The standard InChI is InChI=1S/C34H42N2O4S/c1-33(2,3)40-32(38)34(4,5)39-30-10-6-9-29(20-30)35-18-7-8-26(22-35)31(37)36(28-15-16-28)21-24-11-13-25(14-12-24)27-17-19-41-23-27/h6,9-14,17,19-20,23,26,28H,7-8,15-16,18,21-22H2,1-5H3. The van der Waals surface area contributed by atoms with Crippen molar-refractivity contribution in [2.75, 3.05) is 18.0 Å². The summed E-state index contributed by atoms with van der Waals surface area (Å²) in [7, 11) is 0. The van der Waals surface area contributed by atoms with Crippen molar-refractivity contribution in [3.05, 3.63) is 70.9 Å². The molecule has 1 saturated carbocycles. The number of benzene rings is 2. The van der Waals surface area contributed by atoms with Gasteiger partial charge in [0.1, 0.15) is 11.4 Å². The summed E-state index contributed by atoms with van der Waals surface area (Å²) in [6.45, 7) is 11.2. The monoisotopic (exact) mass is 574 g/mol. The molecule has 218 valence electrons. The van der Waals surface area contributed by atoms with E-state index in [2.05, 4.69) is 50.9 Å². The summed E-state index contributed by atoms with van der Waals surface area (Å²) in [5, 5.41) is 4.26. The summed E-state index contributed by atoms with van der Waals surface area (Å²) in [6.07, 6.45) is 4.03. The van der Waals surface area contributed by atoms with E-state index in [0.29, 0.717) is 24.9 Å². The van der Waals surface area contributed by atoms with E-state index in [-0.39, 0.29) is 11.8 Å². The number of amides is 1. The Hall–Kier alpha value is -3.32. The van der Waals surface area contributed by atoms with Gasteiger partial charge in [-0.15, -0.1) is 0 Å². The van der Waals surface area contributed by atoms with Gasteiger partial charge in [-0.1, -0.05) is 30.3 Å². The Balaban J connectivity index is 1.24. The number of nitrogens with zero attached hydrogens (tertiary/aromatic N) is 2. The SMILES string of the molecule is CC(C)(C)OC(=O)C(C)(C)Oc1cccc(N2CCCC(C(=O)N(Cc3ccc(-c4ccsc4)cc3)C3CC3)C2)c1. The summed E-state index contributed by atoms with van der Waals surface area (Å²) >= 11 is 1.70. The zero-order valence-electron chi connectivity index (χ0n) is 24.9. The first-order chi connectivity index (χ1) is 19.5. The number of esters is 1. The summed E-state index contributed by atoms with van der Waals surface area (Å²) in [6, 6.07) is 18.9. The molecule has 6 nitrogen and oxygen atoms in total. The minimum atomic E-state index is -1.13. The molecule has 0 radical (unpaired) electrons. The van der Waals surface area contributed by atoms with Gasteiger partial charge in [0, 0.05) is 37.4 Å². The number of thiophene rings is 1. The van der Waals surface area contributed by atoms with E-state index < -0.39 is 17.2 Å². The third-order valence-corrected chi connectivity index (χ3v) is 8.33. The van der Waals surface area contributed by atoms with E-state index in [9.17, 15) is 9.59 Å². The Morgan fingerprint density at radius 3 is 2.39 bits per heavy atom. The van der Waals surface area contributed by atoms with Crippen LogP contribution >= 0.6 is 11.3 Å². The van der Waals surface area contributed by atoms with Gasteiger partial charge in [0.05, 0.1) is 5.92 Å². The molecule has 5 rings (SSSR count). The van der Waals surface area contributed by atoms with Gasteiger partial charge in [-0.3, -0.25) is 4.79 Å². The molecule has 1 unspecified atom stereocenters. The second-order valence-electron chi connectivity index (χ2n) is 12.8. The topological polar surface area (TPSA) is 59.1 Å². The highest BCUT2D eigenvalue weighted by Gasteiger charge is 2.38. The van der Waals surface area contributed by atoms with E-state index in [1.807, 2.05) is 45.0 Å². The molecule has 2 aliphatic rings. The highest BCUT2D eigenvalue weighted by atomic mass is 32.1. The lowest BCUT2D eigenvalue weighted by Crippen LogP contribution is -2.45.